The second kappa shape index (κ2) is 9.42. The molecule has 206 valence electrons. The lowest BCUT2D eigenvalue weighted by Gasteiger charge is -2.39. The van der Waals surface area contributed by atoms with Gasteiger partial charge in [-0.3, -0.25) is 4.21 Å². The lowest BCUT2D eigenvalue weighted by molar-refractivity contribution is -0.348. The Morgan fingerprint density at radius 2 is 1.68 bits per heavy atom. The summed E-state index contributed by atoms with van der Waals surface area (Å²) >= 11 is 0. The molecule has 2 unspecified atom stereocenters. The van der Waals surface area contributed by atoms with Crippen molar-refractivity contribution < 1.29 is 49.3 Å². The molecule has 2 atom stereocenters. The van der Waals surface area contributed by atoms with Gasteiger partial charge in [0.25, 0.3) is 0 Å². The van der Waals surface area contributed by atoms with E-state index in [1.165, 1.54) is 12.0 Å². The molecule has 1 N–H and O–H groups in total. The molecule has 14 heteroatoms. The van der Waals surface area contributed by atoms with Crippen molar-refractivity contribution >= 4 is 22.8 Å². The minimum atomic E-state index is -6.19. The minimum Gasteiger partial charge on any atom is -0.467 e. The number of aryl methyl sites for hydroxylation is 1. The van der Waals surface area contributed by atoms with Crippen molar-refractivity contribution in [3.8, 4) is 0 Å². The summed E-state index contributed by atoms with van der Waals surface area (Å²) in [5, 5.41) is 2.74. The van der Waals surface area contributed by atoms with Gasteiger partial charge in [-0.15, -0.1) is 0 Å². The fraction of sp³-hybridized carbons (Fsp3) is 0.652. The number of nitrogens with one attached hydrogen (secondary N) is 1. The summed E-state index contributed by atoms with van der Waals surface area (Å²) < 4.78 is 110. The van der Waals surface area contributed by atoms with Crippen molar-refractivity contribution in [2.45, 2.75) is 67.6 Å². The van der Waals surface area contributed by atoms with E-state index in [0.29, 0.717) is 24.1 Å². The largest absolute Gasteiger partial charge is 0.467 e. The fourth-order valence-electron chi connectivity index (χ4n) is 5.67. The Labute approximate surface area is 210 Å². The van der Waals surface area contributed by atoms with Gasteiger partial charge in [0, 0.05) is 46.4 Å². The number of halogens is 7. The summed E-state index contributed by atoms with van der Waals surface area (Å²) in [6, 6.07) is 1.26. The van der Waals surface area contributed by atoms with Crippen LogP contribution in [0.3, 0.4) is 0 Å². The number of rotatable bonds is 3. The Balaban J connectivity index is 1.57. The number of esters is 1. The van der Waals surface area contributed by atoms with Crippen molar-refractivity contribution in [2.75, 3.05) is 25.2 Å². The quantitative estimate of drug-likeness (QED) is 0.445. The van der Waals surface area contributed by atoms with E-state index in [2.05, 4.69) is 5.32 Å². The van der Waals surface area contributed by atoms with Gasteiger partial charge in [0.1, 0.15) is 5.54 Å². The number of carbonyl (C=O) groups excluding carboxylic acids is 2. The number of nitrogens with zero attached hydrogens (tertiary/aromatic N) is 1. The molecule has 1 aliphatic carbocycles. The number of likely N-dealkylation sites (tertiary alicyclic amines) is 1. The van der Waals surface area contributed by atoms with E-state index < -0.39 is 58.0 Å². The van der Waals surface area contributed by atoms with Crippen molar-refractivity contribution in [1.29, 1.82) is 0 Å². The zero-order valence-electron chi connectivity index (χ0n) is 19.7. The molecule has 4 rings (SSSR count). The number of ether oxygens (including phenoxy) is 1. The number of carbonyl (C=O) groups is 2. The molecule has 1 aromatic rings. The summed E-state index contributed by atoms with van der Waals surface area (Å²) in [6.07, 6.45) is -11.5. The van der Waals surface area contributed by atoms with Crippen LogP contribution in [-0.4, -0.2) is 70.2 Å². The van der Waals surface area contributed by atoms with Crippen LogP contribution >= 0.6 is 0 Å². The van der Waals surface area contributed by atoms with Crippen LogP contribution in [0.25, 0.3) is 0 Å². The summed E-state index contributed by atoms with van der Waals surface area (Å²) in [5.41, 5.74) is -7.71. The summed E-state index contributed by atoms with van der Waals surface area (Å²) in [6.45, 7) is 0.240. The van der Waals surface area contributed by atoms with Crippen LogP contribution in [0.15, 0.2) is 18.2 Å². The van der Waals surface area contributed by atoms with E-state index in [4.69, 9.17) is 4.74 Å². The molecule has 2 fully saturated rings. The average molecular weight is 559 g/mol. The SMILES string of the molecule is COC(=O)C1(NC(=O)N2CCC3c4ccc(C(F)(C(F)(F)F)C(F)(F)F)cc4CCC32)CCS(=O)CC1. The van der Waals surface area contributed by atoms with Gasteiger partial charge in [-0.05, 0) is 43.2 Å². The average Bonchev–Trinajstić information content (AvgIpc) is 3.27. The molecule has 37 heavy (non-hydrogen) atoms. The Morgan fingerprint density at radius 1 is 1.05 bits per heavy atom. The highest BCUT2D eigenvalue weighted by Crippen LogP contribution is 2.54. The Hall–Kier alpha value is -2.38. The lowest BCUT2D eigenvalue weighted by atomic mass is 9.77. The zero-order chi connectivity index (χ0) is 27.4. The van der Waals surface area contributed by atoms with Gasteiger partial charge in [0.15, 0.2) is 0 Å². The molecule has 2 amide bonds. The van der Waals surface area contributed by atoms with Crippen LogP contribution in [0.5, 0.6) is 0 Å². The molecule has 1 aromatic carbocycles. The van der Waals surface area contributed by atoms with Gasteiger partial charge in [0.2, 0.25) is 0 Å². The number of fused-ring (bicyclic) bond motifs is 3. The van der Waals surface area contributed by atoms with E-state index in [0.717, 1.165) is 6.07 Å². The molecule has 0 radical (unpaired) electrons. The maximum absolute atomic E-state index is 14.6. The predicted octanol–water partition coefficient (Wildman–Crippen LogP) is 4.24. The number of hydrogen-bond acceptors (Lipinski definition) is 4. The molecule has 2 heterocycles. The molecule has 2 saturated heterocycles. The topological polar surface area (TPSA) is 75.7 Å². The minimum absolute atomic E-state index is 0.0427. The molecular formula is C23H25F7N2O4S. The molecule has 3 aliphatic rings. The number of methoxy groups -OCH3 is 1. The van der Waals surface area contributed by atoms with Crippen LogP contribution in [0.1, 0.15) is 48.3 Å². The molecule has 0 saturated carbocycles. The second-order valence-electron chi connectivity index (χ2n) is 9.61. The molecular weight excluding hydrogens is 533 g/mol. The molecule has 6 nitrogen and oxygen atoms in total. The first-order chi connectivity index (χ1) is 17.1. The van der Waals surface area contributed by atoms with Crippen LogP contribution < -0.4 is 5.32 Å². The van der Waals surface area contributed by atoms with Gasteiger partial charge in [-0.1, -0.05) is 18.2 Å². The lowest BCUT2D eigenvalue weighted by Crippen LogP contribution is -2.61. The standard InChI is InChI=1S/C23H25F7N2O4S/c1-36-18(33)20(7-10-37(35)11-8-20)31-19(34)32-9-6-16-15-4-3-14(12-13(15)2-5-17(16)32)21(24,22(25,26)27)23(28,29)30/h3-4,12,16-17H,2,5-11H2,1H3,(H,31,34). The van der Waals surface area contributed by atoms with Gasteiger partial charge < -0.3 is 15.0 Å². The zero-order valence-corrected chi connectivity index (χ0v) is 20.5. The van der Waals surface area contributed by atoms with Crippen LogP contribution in [0.4, 0.5) is 35.5 Å². The van der Waals surface area contributed by atoms with Crippen molar-refractivity contribution in [3.63, 3.8) is 0 Å². The van der Waals surface area contributed by atoms with E-state index >= 15 is 0 Å². The van der Waals surface area contributed by atoms with Crippen molar-refractivity contribution in [2.24, 2.45) is 0 Å². The highest BCUT2D eigenvalue weighted by Gasteiger charge is 2.73. The Kier molecular flexibility index (Phi) is 7.04. The van der Waals surface area contributed by atoms with Gasteiger partial charge >= 0.3 is 30.0 Å². The third-order valence-electron chi connectivity index (χ3n) is 7.67. The third kappa shape index (κ3) is 4.59. The van der Waals surface area contributed by atoms with Crippen molar-refractivity contribution in [3.05, 3.63) is 34.9 Å². The van der Waals surface area contributed by atoms with Crippen molar-refractivity contribution in [1.82, 2.24) is 10.2 Å². The highest BCUT2D eigenvalue weighted by molar-refractivity contribution is 7.85. The maximum atomic E-state index is 14.6. The number of alkyl halides is 7. The number of urea groups is 1. The van der Waals surface area contributed by atoms with E-state index in [1.54, 1.807) is 0 Å². The Bertz CT molecular complexity index is 1080. The Morgan fingerprint density at radius 3 is 2.24 bits per heavy atom. The number of benzene rings is 1. The summed E-state index contributed by atoms with van der Waals surface area (Å²) in [7, 11) is 0.0706. The first-order valence-corrected chi connectivity index (χ1v) is 13.1. The molecule has 0 bridgehead atoms. The smallest absolute Gasteiger partial charge is 0.435 e. The summed E-state index contributed by atoms with van der Waals surface area (Å²) in [5.74, 6) is -0.604. The van der Waals surface area contributed by atoms with E-state index in [1.807, 2.05) is 0 Å². The molecule has 0 spiro atoms. The van der Waals surface area contributed by atoms with Gasteiger partial charge in [0.05, 0.1) is 7.11 Å². The number of amides is 2. The highest BCUT2D eigenvalue weighted by atomic mass is 32.2. The predicted molar refractivity (Wildman–Crippen MR) is 118 cm³/mol. The van der Waals surface area contributed by atoms with E-state index in [9.17, 15) is 44.5 Å². The van der Waals surface area contributed by atoms with Crippen LogP contribution in [0.2, 0.25) is 0 Å². The third-order valence-corrected chi connectivity index (χ3v) is 8.99. The normalized spacial score (nSPS) is 28.3. The van der Waals surface area contributed by atoms with Crippen LogP contribution in [-0.2, 0) is 32.4 Å². The molecule has 2 aliphatic heterocycles. The first-order valence-electron chi connectivity index (χ1n) is 11.6. The second-order valence-corrected chi connectivity index (χ2v) is 11.3. The maximum Gasteiger partial charge on any atom is 0.435 e. The first kappa shape index (κ1) is 27.6. The van der Waals surface area contributed by atoms with Gasteiger partial charge in [-0.25, -0.2) is 14.0 Å². The van der Waals surface area contributed by atoms with Gasteiger partial charge in [-0.2, -0.15) is 26.3 Å². The van der Waals surface area contributed by atoms with Crippen LogP contribution in [0, 0.1) is 0 Å². The monoisotopic (exact) mass is 558 g/mol. The van der Waals surface area contributed by atoms with E-state index in [-0.39, 0.29) is 55.2 Å². The number of hydrogen-bond donors (Lipinski definition) is 1. The molecule has 0 aromatic heterocycles. The fourth-order valence-corrected chi connectivity index (χ4v) is 7.03. The summed E-state index contributed by atoms with van der Waals surface area (Å²) in [4.78, 5) is 27.2.